The third kappa shape index (κ3) is 4.38. The Morgan fingerprint density at radius 1 is 1.03 bits per heavy atom. The number of rotatable bonds is 6. The Morgan fingerprint density at radius 2 is 1.72 bits per heavy atom. The number of allylic oxidation sites excluding steroid dienone is 1. The molecule has 6 nitrogen and oxygen atoms in total. The first kappa shape index (κ1) is 19.3. The molecule has 0 radical (unpaired) electrons. The molecule has 1 aromatic heterocycles. The van der Waals surface area contributed by atoms with Crippen LogP contribution in [0.4, 0.5) is 0 Å². The zero-order valence-corrected chi connectivity index (χ0v) is 16.4. The van der Waals surface area contributed by atoms with Crippen LogP contribution in [-0.2, 0) is 13.0 Å². The molecule has 0 unspecified atom stereocenters. The molecule has 2 aliphatic rings. The minimum atomic E-state index is -0.368. The number of aliphatic hydroxyl groups excluding tert-OH is 1. The number of carbonyl (C=O) groups is 2. The predicted molar refractivity (Wildman–Crippen MR) is 110 cm³/mol. The summed E-state index contributed by atoms with van der Waals surface area (Å²) < 4.78 is 0. The summed E-state index contributed by atoms with van der Waals surface area (Å²) in [7, 11) is 0. The van der Waals surface area contributed by atoms with Gasteiger partial charge in [-0.2, -0.15) is 0 Å². The first-order valence-electron chi connectivity index (χ1n) is 10.1. The minimum Gasteiger partial charge on any atom is -0.511 e. The van der Waals surface area contributed by atoms with Crippen molar-refractivity contribution in [2.75, 3.05) is 19.6 Å². The average molecular weight is 391 g/mol. The van der Waals surface area contributed by atoms with Gasteiger partial charge in [0.1, 0.15) is 5.76 Å². The van der Waals surface area contributed by atoms with Gasteiger partial charge in [-0.3, -0.25) is 24.4 Å². The van der Waals surface area contributed by atoms with E-state index < -0.39 is 0 Å². The number of hydrogen-bond acceptors (Lipinski definition) is 5. The number of piperidine rings is 1. The molecule has 4 rings (SSSR count). The molecule has 2 aromatic rings. The molecule has 3 heterocycles. The Morgan fingerprint density at radius 3 is 2.41 bits per heavy atom. The Labute approximate surface area is 170 Å². The van der Waals surface area contributed by atoms with Gasteiger partial charge in [0.15, 0.2) is 0 Å². The molecule has 2 amide bonds. The second-order valence-electron chi connectivity index (χ2n) is 7.63. The number of fused-ring (bicyclic) bond motifs is 1. The van der Waals surface area contributed by atoms with Gasteiger partial charge in [-0.25, -0.2) is 0 Å². The SMILES string of the molecule is O=C1c2ccccc2C(=O)N1C/C(O)=C/Cc1cc(CN2CCCCC2)ccn1. The molecule has 0 spiro atoms. The number of pyridine rings is 1. The molecule has 1 N–H and O–H groups in total. The number of imide groups is 1. The van der Waals surface area contributed by atoms with E-state index >= 15 is 0 Å². The number of likely N-dealkylation sites (tertiary alicyclic amines) is 1. The standard InChI is InChI=1S/C23H25N3O3/c27-19(16-26-22(28)20-6-2-3-7-21(20)23(26)29)9-8-18-14-17(10-11-24-18)15-25-12-4-1-5-13-25/h2-3,6-7,9-11,14,27H,1,4-5,8,12-13,15-16H2/b19-9-. The van der Waals surface area contributed by atoms with Crippen molar-refractivity contribution in [1.29, 1.82) is 0 Å². The molecule has 0 saturated carbocycles. The first-order chi connectivity index (χ1) is 14.1. The molecule has 0 aliphatic carbocycles. The van der Waals surface area contributed by atoms with E-state index in [0.29, 0.717) is 17.5 Å². The van der Waals surface area contributed by atoms with Gasteiger partial charge in [0.2, 0.25) is 0 Å². The number of hydrogen-bond donors (Lipinski definition) is 1. The highest BCUT2D eigenvalue weighted by atomic mass is 16.3. The molecule has 1 saturated heterocycles. The highest BCUT2D eigenvalue weighted by Crippen LogP contribution is 2.23. The van der Waals surface area contributed by atoms with Crippen molar-refractivity contribution in [3.8, 4) is 0 Å². The molecular weight excluding hydrogens is 366 g/mol. The number of benzene rings is 1. The molecule has 0 bridgehead atoms. The van der Waals surface area contributed by atoms with Crippen molar-refractivity contribution in [3.05, 3.63) is 76.8 Å². The van der Waals surface area contributed by atoms with Crippen molar-refractivity contribution in [3.63, 3.8) is 0 Å². The summed E-state index contributed by atoms with van der Waals surface area (Å²) >= 11 is 0. The Hall–Kier alpha value is -2.99. The van der Waals surface area contributed by atoms with Crippen molar-refractivity contribution in [2.45, 2.75) is 32.2 Å². The number of nitrogens with zero attached hydrogens (tertiary/aromatic N) is 3. The number of carbonyl (C=O) groups excluding carboxylic acids is 2. The fraction of sp³-hybridized carbons (Fsp3) is 0.348. The lowest BCUT2D eigenvalue weighted by atomic mass is 10.1. The monoisotopic (exact) mass is 391 g/mol. The van der Waals surface area contributed by atoms with Gasteiger partial charge >= 0.3 is 0 Å². The van der Waals surface area contributed by atoms with Crippen molar-refractivity contribution in [2.24, 2.45) is 0 Å². The van der Waals surface area contributed by atoms with E-state index in [4.69, 9.17) is 0 Å². The van der Waals surface area contributed by atoms with E-state index in [0.717, 1.165) is 30.2 Å². The van der Waals surface area contributed by atoms with Crippen molar-refractivity contribution < 1.29 is 14.7 Å². The van der Waals surface area contributed by atoms with E-state index in [2.05, 4.69) is 16.0 Å². The first-order valence-corrected chi connectivity index (χ1v) is 10.1. The Balaban J connectivity index is 1.37. The van der Waals surface area contributed by atoms with E-state index in [-0.39, 0.29) is 24.1 Å². The van der Waals surface area contributed by atoms with Crippen LogP contribution in [0.2, 0.25) is 0 Å². The van der Waals surface area contributed by atoms with Gasteiger partial charge in [0.25, 0.3) is 11.8 Å². The average Bonchev–Trinajstić information content (AvgIpc) is 2.98. The van der Waals surface area contributed by atoms with Gasteiger partial charge in [-0.1, -0.05) is 18.6 Å². The van der Waals surface area contributed by atoms with Gasteiger partial charge in [-0.05, 0) is 61.8 Å². The van der Waals surface area contributed by atoms with Crippen LogP contribution in [0.25, 0.3) is 0 Å². The predicted octanol–water partition coefficient (Wildman–Crippen LogP) is 3.35. The summed E-state index contributed by atoms with van der Waals surface area (Å²) in [6.07, 6.45) is 7.69. The van der Waals surface area contributed by atoms with Crippen LogP contribution >= 0.6 is 0 Å². The smallest absolute Gasteiger partial charge is 0.261 e. The second-order valence-corrected chi connectivity index (χ2v) is 7.63. The summed E-state index contributed by atoms with van der Waals surface area (Å²) in [6.45, 7) is 3.07. The zero-order valence-electron chi connectivity index (χ0n) is 16.4. The van der Waals surface area contributed by atoms with E-state index in [9.17, 15) is 14.7 Å². The van der Waals surface area contributed by atoms with Crippen LogP contribution in [0, 0.1) is 0 Å². The topological polar surface area (TPSA) is 73.7 Å². The van der Waals surface area contributed by atoms with Crippen LogP contribution < -0.4 is 0 Å². The normalized spacial score (nSPS) is 17.7. The van der Waals surface area contributed by atoms with Crippen molar-refractivity contribution >= 4 is 11.8 Å². The van der Waals surface area contributed by atoms with E-state index in [1.54, 1.807) is 36.5 Å². The summed E-state index contributed by atoms with van der Waals surface area (Å²) in [4.78, 5) is 32.7. The maximum Gasteiger partial charge on any atom is 0.261 e. The van der Waals surface area contributed by atoms with E-state index in [1.807, 2.05) is 6.07 Å². The molecule has 0 atom stereocenters. The molecule has 150 valence electrons. The van der Waals surface area contributed by atoms with Gasteiger partial charge in [0, 0.05) is 24.9 Å². The summed E-state index contributed by atoms with van der Waals surface area (Å²) in [5.41, 5.74) is 2.84. The van der Waals surface area contributed by atoms with Crippen LogP contribution in [0.15, 0.2) is 54.4 Å². The van der Waals surface area contributed by atoms with Crippen LogP contribution in [0.1, 0.15) is 51.2 Å². The summed E-state index contributed by atoms with van der Waals surface area (Å²) in [6, 6.07) is 10.8. The summed E-state index contributed by atoms with van der Waals surface area (Å²) in [5, 5.41) is 10.3. The molecular formula is C23H25N3O3. The number of aliphatic hydroxyl groups is 1. The van der Waals surface area contributed by atoms with Gasteiger partial charge in [-0.15, -0.1) is 0 Å². The van der Waals surface area contributed by atoms with Crippen LogP contribution in [0.3, 0.4) is 0 Å². The minimum absolute atomic E-state index is 0.0114. The third-order valence-corrected chi connectivity index (χ3v) is 5.48. The lowest BCUT2D eigenvalue weighted by molar-refractivity contribution is 0.0651. The largest absolute Gasteiger partial charge is 0.511 e. The molecule has 6 heteroatoms. The molecule has 2 aliphatic heterocycles. The highest BCUT2D eigenvalue weighted by molar-refractivity contribution is 6.21. The third-order valence-electron chi connectivity index (χ3n) is 5.48. The zero-order chi connectivity index (χ0) is 20.2. The number of aromatic nitrogens is 1. The molecule has 1 fully saturated rings. The quantitative estimate of drug-likeness (QED) is 0.604. The Kier molecular flexibility index (Phi) is 5.71. The van der Waals surface area contributed by atoms with Gasteiger partial charge < -0.3 is 5.11 Å². The maximum absolute atomic E-state index is 12.4. The lowest BCUT2D eigenvalue weighted by Crippen LogP contribution is -2.31. The fourth-order valence-electron chi connectivity index (χ4n) is 3.95. The number of amides is 2. The lowest BCUT2D eigenvalue weighted by Gasteiger charge is -2.26. The molecule has 1 aromatic carbocycles. The molecule has 29 heavy (non-hydrogen) atoms. The van der Waals surface area contributed by atoms with Gasteiger partial charge in [0.05, 0.1) is 17.7 Å². The fourth-order valence-corrected chi connectivity index (χ4v) is 3.95. The van der Waals surface area contributed by atoms with Crippen molar-refractivity contribution in [1.82, 2.24) is 14.8 Å². The van der Waals surface area contributed by atoms with Crippen LogP contribution in [0.5, 0.6) is 0 Å². The maximum atomic E-state index is 12.4. The second kappa shape index (κ2) is 8.57. The van der Waals surface area contributed by atoms with E-state index in [1.165, 1.54) is 24.8 Å². The summed E-state index contributed by atoms with van der Waals surface area (Å²) in [5.74, 6) is -0.748. The highest BCUT2D eigenvalue weighted by Gasteiger charge is 2.35. The Bertz CT molecular complexity index is 913. The van der Waals surface area contributed by atoms with Crippen LogP contribution in [-0.4, -0.2) is 51.3 Å².